The molecular formula is C16H29N3O. The topological polar surface area (TPSA) is 39.1 Å². The van der Waals surface area contributed by atoms with Gasteiger partial charge in [-0.3, -0.25) is 4.68 Å². The lowest BCUT2D eigenvalue weighted by Crippen LogP contribution is -2.30. The molecule has 1 aromatic heterocycles. The Balaban J connectivity index is 2.22. The number of nitrogens with one attached hydrogen (secondary N) is 1. The van der Waals surface area contributed by atoms with E-state index in [4.69, 9.17) is 4.74 Å². The van der Waals surface area contributed by atoms with E-state index in [1.165, 1.54) is 25.0 Å². The molecular weight excluding hydrogens is 250 g/mol. The Kier molecular flexibility index (Phi) is 5.08. The fourth-order valence-corrected chi connectivity index (χ4v) is 3.31. The molecule has 2 rings (SSSR count). The van der Waals surface area contributed by atoms with Crippen molar-refractivity contribution in [1.82, 2.24) is 15.1 Å². The van der Waals surface area contributed by atoms with E-state index in [1.54, 1.807) is 7.11 Å². The molecule has 0 amide bonds. The van der Waals surface area contributed by atoms with Crippen molar-refractivity contribution in [2.24, 2.45) is 5.92 Å². The summed E-state index contributed by atoms with van der Waals surface area (Å²) in [6, 6.07) is 0.932. The lowest BCUT2D eigenvalue weighted by molar-refractivity contribution is 0.364. The van der Waals surface area contributed by atoms with E-state index in [2.05, 4.69) is 42.8 Å². The van der Waals surface area contributed by atoms with Crippen molar-refractivity contribution < 1.29 is 4.74 Å². The Morgan fingerprint density at radius 1 is 1.35 bits per heavy atom. The van der Waals surface area contributed by atoms with E-state index >= 15 is 0 Å². The Bertz CT molecular complexity index is 425. The summed E-state index contributed by atoms with van der Waals surface area (Å²) in [5.74, 6) is 2.22. The first kappa shape index (κ1) is 15.4. The minimum Gasteiger partial charge on any atom is -0.493 e. The van der Waals surface area contributed by atoms with Crippen molar-refractivity contribution in [2.75, 3.05) is 13.7 Å². The first-order valence-corrected chi connectivity index (χ1v) is 7.89. The van der Waals surface area contributed by atoms with Gasteiger partial charge in [0.15, 0.2) is 5.75 Å². The zero-order valence-electron chi connectivity index (χ0n) is 13.5. The summed E-state index contributed by atoms with van der Waals surface area (Å²) in [5, 5.41) is 8.13. The van der Waals surface area contributed by atoms with Crippen molar-refractivity contribution in [3.05, 3.63) is 11.9 Å². The maximum absolute atomic E-state index is 5.56. The van der Waals surface area contributed by atoms with Gasteiger partial charge in [0.2, 0.25) is 0 Å². The second-order valence-electron chi connectivity index (χ2n) is 6.50. The Labute approximate surface area is 122 Å². The SMILES string of the molecule is COc1cnn(C(C)C)c1C1CCCC1CNC(C)C. The van der Waals surface area contributed by atoms with Crippen LogP contribution in [0.2, 0.25) is 0 Å². The molecule has 0 aromatic carbocycles. The lowest BCUT2D eigenvalue weighted by atomic mass is 9.91. The molecule has 1 N–H and O–H groups in total. The molecule has 0 aliphatic heterocycles. The fraction of sp³-hybridized carbons (Fsp3) is 0.812. The minimum absolute atomic E-state index is 0.383. The fourth-order valence-electron chi connectivity index (χ4n) is 3.31. The molecule has 20 heavy (non-hydrogen) atoms. The van der Waals surface area contributed by atoms with Crippen LogP contribution in [0.4, 0.5) is 0 Å². The van der Waals surface area contributed by atoms with E-state index in [1.807, 2.05) is 6.20 Å². The van der Waals surface area contributed by atoms with Crippen molar-refractivity contribution in [3.63, 3.8) is 0 Å². The average Bonchev–Trinajstić information content (AvgIpc) is 3.01. The Morgan fingerprint density at radius 2 is 2.10 bits per heavy atom. The number of nitrogens with zero attached hydrogens (tertiary/aromatic N) is 2. The third-order valence-corrected chi connectivity index (χ3v) is 4.31. The van der Waals surface area contributed by atoms with Crippen molar-refractivity contribution in [2.45, 2.75) is 65.0 Å². The number of methoxy groups -OCH3 is 1. The molecule has 114 valence electrons. The molecule has 0 bridgehead atoms. The van der Waals surface area contributed by atoms with E-state index < -0.39 is 0 Å². The van der Waals surface area contributed by atoms with Gasteiger partial charge < -0.3 is 10.1 Å². The summed E-state index contributed by atoms with van der Waals surface area (Å²) in [4.78, 5) is 0. The van der Waals surface area contributed by atoms with Gasteiger partial charge in [0, 0.05) is 18.0 Å². The van der Waals surface area contributed by atoms with Gasteiger partial charge in [-0.25, -0.2) is 0 Å². The highest BCUT2D eigenvalue weighted by molar-refractivity contribution is 5.30. The highest BCUT2D eigenvalue weighted by Gasteiger charge is 2.33. The molecule has 0 radical (unpaired) electrons. The Morgan fingerprint density at radius 3 is 2.70 bits per heavy atom. The molecule has 2 unspecified atom stereocenters. The number of rotatable bonds is 6. The number of ether oxygens (including phenoxy) is 1. The van der Waals surface area contributed by atoms with Gasteiger partial charge in [-0.2, -0.15) is 5.10 Å². The highest BCUT2D eigenvalue weighted by atomic mass is 16.5. The van der Waals surface area contributed by atoms with Gasteiger partial charge >= 0.3 is 0 Å². The Hall–Kier alpha value is -1.03. The first-order valence-electron chi connectivity index (χ1n) is 7.89. The standard InChI is InChI=1S/C16H29N3O/c1-11(2)17-9-13-7-6-8-14(13)16-15(20-5)10-18-19(16)12(3)4/h10-14,17H,6-9H2,1-5H3. The molecule has 1 aliphatic carbocycles. The van der Waals surface area contributed by atoms with E-state index in [9.17, 15) is 0 Å². The molecule has 1 aliphatic rings. The zero-order valence-corrected chi connectivity index (χ0v) is 13.5. The van der Waals surface area contributed by atoms with Gasteiger partial charge in [-0.15, -0.1) is 0 Å². The second kappa shape index (κ2) is 6.61. The summed E-state index contributed by atoms with van der Waals surface area (Å²) in [5.41, 5.74) is 1.30. The van der Waals surface area contributed by atoms with Gasteiger partial charge in [-0.1, -0.05) is 20.3 Å². The smallest absolute Gasteiger partial charge is 0.160 e. The minimum atomic E-state index is 0.383. The van der Waals surface area contributed by atoms with Gasteiger partial charge in [0.1, 0.15) is 0 Å². The van der Waals surface area contributed by atoms with Gasteiger partial charge in [-0.05, 0) is 39.2 Å². The molecule has 1 fully saturated rings. The van der Waals surface area contributed by atoms with Crippen LogP contribution in [-0.2, 0) is 0 Å². The number of hydrogen-bond donors (Lipinski definition) is 1. The summed E-state index contributed by atoms with van der Waals surface area (Å²) >= 11 is 0. The van der Waals surface area contributed by atoms with Crippen LogP contribution < -0.4 is 10.1 Å². The maximum Gasteiger partial charge on any atom is 0.160 e. The number of hydrogen-bond acceptors (Lipinski definition) is 3. The van der Waals surface area contributed by atoms with Crippen molar-refractivity contribution in [1.29, 1.82) is 0 Å². The lowest BCUT2D eigenvalue weighted by Gasteiger charge is -2.24. The van der Waals surface area contributed by atoms with Crippen LogP contribution in [0.15, 0.2) is 6.20 Å². The molecule has 1 aromatic rings. The van der Waals surface area contributed by atoms with Crippen molar-refractivity contribution in [3.8, 4) is 5.75 Å². The normalized spacial score (nSPS) is 22.9. The molecule has 0 spiro atoms. The largest absolute Gasteiger partial charge is 0.493 e. The van der Waals surface area contributed by atoms with Crippen molar-refractivity contribution >= 4 is 0 Å². The van der Waals surface area contributed by atoms with E-state index in [0.29, 0.717) is 23.9 Å². The van der Waals surface area contributed by atoms with Crippen LogP contribution in [0.1, 0.15) is 64.6 Å². The van der Waals surface area contributed by atoms with Crippen LogP contribution in [0.25, 0.3) is 0 Å². The molecule has 4 nitrogen and oxygen atoms in total. The predicted octanol–water partition coefficient (Wildman–Crippen LogP) is 3.35. The van der Waals surface area contributed by atoms with E-state index in [0.717, 1.165) is 12.3 Å². The molecule has 1 heterocycles. The maximum atomic E-state index is 5.56. The monoisotopic (exact) mass is 279 g/mol. The summed E-state index contributed by atoms with van der Waals surface area (Å²) < 4.78 is 7.71. The van der Waals surface area contributed by atoms with Crippen LogP contribution in [0, 0.1) is 5.92 Å². The van der Waals surface area contributed by atoms with Crippen LogP contribution in [0.5, 0.6) is 5.75 Å². The third kappa shape index (κ3) is 3.17. The van der Waals surface area contributed by atoms with Crippen LogP contribution >= 0.6 is 0 Å². The van der Waals surface area contributed by atoms with Crippen LogP contribution in [-0.4, -0.2) is 29.5 Å². The first-order chi connectivity index (χ1) is 9.54. The third-order valence-electron chi connectivity index (χ3n) is 4.31. The molecule has 0 saturated heterocycles. The van der Waals surface area contributed by atoms with Crippen LogP contribution in [0.3, 0.4) is 0 Å². The summed E-state index contributed by atoms with van der Waals surface area (Å²) in [6.45, 7) is 9.89. The predicted molar refractivity (Wildman–Crippen MR) is 82.4 cm³/mol. The molecule has 2 atom stereocenters. The highest BCUT2D eigenvalue weighted by Crippen LogP contribution is 2.43. The van der Waals surface area contributed by atoms with Gasteiger partial charge in [0.25, 0.3) is 0 Å². The zero-order chi connectivity index (χ0) is 14.7. The second-order valence-corrected chi connectivity index (χ2v) is 6.50. The quantitative estimate of drug-likeness (QED) is 0.868. The molecule has 1 saturated carbocycles. The molecule has 4 heteroatoms. The van der Waals surface area contributed by atoms with Gasteiger partial charge in [0.05, 0.1) is 19.0 Å². The van der Waals surface area contributed by atoms with E-state index in [-0.39, 0.29) is 0 Å². The number of aromatic nitrogens is 2. The average molecular weight is 279 g/mol. The summed E-state index contributed by atoms with van der Waals surface area (Å²) in [6.07, 6.45) is 5.73. The summed E-state index contributed by atoms with van der Waals surface area (Å²) in [7, 11) is 1.75.